The summed E-state index contributed by atoms with van der Waals surface area (Å²) in [4.78, 5) is 18.9. The Bertz CT molecular complexity index is 1280. The molecule has 7 nitrogen and oxygen atoms in total. The van der Waals surface area contributed by atoms with E-state index in [1.165, 1.54) is 16.8 Å². The Balaban J connectivity index is 1.42. The quantitative estimate of drug-likeness (QED) is 0.491. The largest absolute Gasteiger partial charge is 0.417 e. The number of hydrogen-bond acceptors (Lipinski definition) is 5. The summed E-state index contributed by atoms with van der Waals surface area (Å²) in [6.07, 6.45) is 4.02. The fourth-order valence-electron chi connectivity index (χ4n) is 3.97. The number of hydrogen-bond donors (Lipinski definition) is 1. The highest BCUT2D eigenvalue weighted by Crippen LogP contribution is 2.37. The number of rotatable bonds is 4. The van der Waals surface area contributed by atoms with E-state index in [4.69, 9.17) is 4.74 Å². The summed E-state index contributed by atoms with van der Waals surface area (Å²) in [6, 6.07) is 13.6. The molecule has 4 aromatic rings. The Morgan fingerprint density at radius 2 is 1.97 bits per heavy atom. The molecule has 5 rings (SSSR count). The minimum Gasteiger partial charge on any atom is -0.410 e. The Labute approximate surface area is 182 Å². The summed E-state index contributed by atoms with van der Waals surface area (Å²) < 4.78 is 35.0. The van der Waals surface area contributed by atoms with Gasteiger partial charge in [0, 0.05) is 18.3 Å². The van der Waals surface area contributed by atoms with Gasteiger partial charge in [0.1, 0.15) is 28.9 Å². The molecule has 1 amide bonds. The molecule has 0 saturated carbocycles. The van der Waals surface area contributed by atoms with Crippen molar-refractivity contribution in [2.24, 2.45) is 0 Å². The van der Waals surface area contributed by atoms with Gasteiger partial charge in [-0.15, -0.1) is 0 Å². The van der Waals surface area contributed by atoms with Crippen molar-refractivity contribution >= 4 is 23.2 Å². The highest BCUT2D eigenvalue weighted by atomic mass is 19.1. The van der Waals surface area contributed by atoms with Crippen LogP contribution in [0.1, 0.15) is 24.4 Å². The maximum Gasteiger partial charge on any atom is 0.417 e. The van der Waals surface area contributed by atoms with Crippen molar-refractivity contribution in [3.8, 4) is 5.75 Å². The monoisotopic (exact) mass is 435 g/mol. The number of aromatic nitrogens is 3. The van der Waals surface area contributed by atoms with Crippen LogP contribution in [-0.2, 0) is 0 Å². The number of carbonyl (C=O) groups excluding carboxylic acids is 1. The predicted octanol–water partition coefficient (Wildman–Crippen LogP) is 4.96. The van der Waals surface area contributed by atoms with Crippen molar-refractivity contribution in [3.05, 3.63) is 84.2 Å². The SMILES string of the molecule is O=C(Nc1cnn2ccc(N3CCC[C@@H]3c3cc(F)ccc3F)nc12)Oc1ccccc1. The van der Waals surface area contributed by atoms with E-state index in [1.54, 1.807) is 36.5 Å². The standard InChI is InChI=1S/C23H19F2N5O2/c24-15-8-9-18(25)17(13-15)20-7-4-11-29(20)21-10-12-30-22(28-21)19(14-26-30)27-23(31)32-16-5-2-1-3-6-16/h1-3,5-6,8-10,12-14,20H,4,7,11H2,(H,27,31)/t20-/m1/s1. The van der Waals surface area contributed by atoms with Crippen molar-refractivity contribution in [2.75, 3.05) is 16.8 Å². The van der Waals surface area contributed by atoms with E-state index in [0.29, 0.717) is 41.4 Å². The Kier molecular flexibility index (Phi) is 5.14. The molecule has 1 fully saturated rings. The minimum absolute atomic E-state index is 0.308. The number of ether oxygens (including phenoxy) is 1. The minimum atomic E-state index is -0.667. The summed E-state index contributed by atoms with van der Waals surface area (Å²) in [5.74, 6) is 0.0754. The van der Waals surface area contributed by atoms with E-state index >= 15 is 0 Å². The molecule has 1 N–H and O–H groups in total. The van der Waals surface area contributed by atoms with Crippen LogP contribution >= 0.6 is 0 Å². The molecular weight excluding hydrogens is 416 g/mol. The van der Waals surface area contributed by atoms with E-state index in [-0.39, 0.29) is 6.04 Å². The fourth-order valence-corrected chi connectivity index (χ4v) is 3.97. The summed E-state index contributed by atoms with van der Waals surface area (Å²) in [5.41, 5.74) is 1.10. The highest BCUT2D eigenvalue weighted by molar-refractivity contribution is 5.90. The molecule has 3 heterocycles. The van der Waals surface area contributed by atoms with E-state index in [9.17, 15) is 13.6 Å². The number of carbonyl (C=O) groups is 1. The third-order valence-corrected chi connectivity index (χ3v) is 5.41. The summed E-state index contributed by atoms with van der Waals surface area (Å²) in [5, 5.41) is 6.86. The second-order valence-electron chi connectivity index (χ2n) is 7.46. The molecule has 0 spiro atoms. The maximum atomic E-state index is 14.4. The predicted molar refractivity (Wildman–Crippen MR) is 115 cm³/mol. The number of nitrogens with one attached hydrogen (secondary N) is 1. The van der Waals surface area contributed by atoms with Crippen LogP contribution in [0.4, 0.5) is 25.1 Å². The second-order valence-corrected chi connectivity index (χ2v) is 7.46. The van der Waals surface area contributed by atoms with Crippen LogP contribution in [0.25, 0.3) is 5.65 Å². The average molecular weight is 435 g/mol. The lowest BCUT2D eigenvalue weighted by atomic mass is 10.0. The molecule has 2 aromatic heterocycles. The molecule has 1 saturated heterocycles. The Morgan fingerprint density at radius 1 is 1.12 bits per heavy atom. The van der Waals surface area contributed by atoms with Crippen molar-refractivity contribution in [1.82, 2.24) is 14.6 Å². The topological polar surface area (TPSA) is 71.8 Å². The van der Waals surface area contributed by atoms with Gasteiger partial charge in [-0.05, 0) is 49.2 Å². The van der Waals surface area contributed by atoms with Crippen molar-refractivity contribution in [1.29, 1.82) is 0 Å². The van der Waals surface area contributed by atoms with Crippen molar-refractivity contribution in [3.63, 3.8) is 0 Å². The fraction of sp³-hybridized carbons (Fsp3) is 0.174. The molecular formula is C23H19F2N5O2. The van der Waals surface area contributed by atoms with Gasteiger partial charge in [-0.2, -0.15) is 5.10 Å². The number of amides is 1. The number of benzene rings is 2. The third kappa shape index (κ3) is 3.84. The normalized spacial score (nSPS) is 15.8. The van der Waals surface area contributed by atoms with Crippen LogP contribution in [-0.4, -0.2) is 27.2 Å². The lowest BCUT2D eigenvalue weighted by Gasteiger charge is -2.26. The molecule has 1 aliphatic rings. The zero-order valence-electron chi connectivity index (χ0n) is 16.9. The summed E-state index contributed by atoms with van der Waals surface area (Å²) >= 11 is 0. The van der Waals surface area contributed by atoms with Crippen LogP contribution in [0.5, 0.6) is 5.75 Å². The molecule has 0 unspecified atom stereocenters. The number of para-hydroxylation sites is 1. The van der Waals surface area contributed by atoms with Crippen molar-refractivity contribution in [2.45, 2.75) is 18.9 Å². The molecule has 0 bridgehead atoms. The first kappa shape index (κ1) is 19.9. The van der Waals surface area contributed by atoms with Gasteiger partial charge < -0.3 is 9.64 Å². The van der Waals surface area contributed by atoms with Crippen LogP contribution in [0.15, 0.2) is 67.0 Å². The smallest absolute Gasteiger partial charge is 0.410 e. The number of anilines is 2. The van der Waals surface area contributed by atoms with Gasteiger partial charge in [0.15, 0.2) is 5.65 Å². The van der Waals surface area contributed by atoms with Crippen LogP contribution in [0.3, 0.4) is 0 Å². The van der Waals surface area contributed by atoms with E-state index < -0.39 is 17.7 Å². The first-order valence-electron chi connectivity index (χ1n) is 10.2. The molecule has 9 heteroatoms. The molecule has 0 aliphatic carbocycles. The first-order valence-corrected chi connectivity index (χ1v) is 10.2. The van der Waals surface area contributed by atoms with Crippen LogP contribution < -0.4 is 15.0 Å². The van der Waals surface area contributed by atoms with E-state index in [1.807, 2.05) is 11.0 Å². The third-order valence-electron chi connectivity index (χ3n) is 5.41. The van der Waals surface area contributed by atoms with Crippen LogP contribution in [0.2, 0.25) is 0 Å². The van der Waals surface area contributed by atoms with E-state index in [2.05, 4.69) is 15.4 Å². The van der Waals surface area contributed by atoms with Crippen LogP contribution in [0, 0.1) is 11.6 Å². The molecule has 0 radical (unpaired) electrons. The van der Waals surface area contributed by atoms with Gasteiger partial charge in [-0.3, -0.25) is 5.32 Å². The van der Waals surface area contributed by atoms with Gasteiger partial charge in [0.2, 0.25) is 0 Å². The Hall–Kier alpha value is -4.01. The molecule has 32 heavy (non-hydrogen) atoms. The number of halogens is 2. The van der Waals surface area contributed by atoms with Gasteiger partial charge in [-0.1, -0.05) is 18.2 Å². The number of nitrogens with zero attached hydrogens (tertiary/aromatic N) is 4. The second kappa shape index (κ2) is 8.26. The molecule has 1 aliphatic heterocycles. The Morgan fingerprint density at radius 3 is 2.81 bits per heavy atom. The maximum absolute atomic E-state index is 14.4. The molecule has 1 atom stereocenters. The lowest BCUT2D eigenvalue weighted by molar-refractivity contribution is 0.215. The van der Waals surface area contributed by atoms with Crippen molar-refractivity contribution < 1.29 is 18.3 Å². The summed E-state index contributed by atoms with van der Waals surface area (Å²) in [6.45, 7) is 0.650. The lowest BCUT2D eigenvalue weighted by Crippen LogP contribution is -2.24. The van der Waals surface area contributed by atoms with E-state index in [0.717, 1.165) is 18.6 Å². The van der Waals surface area contributed by atoms with Gasteiger partial charge in [0.05, 0.1) is 12.2 Å². The summed E-state index contributed by atoms with van der Waals surface area (Å²) in [7, 11) is 0. The molecule has 2 aromatic carbocycles. The average Bonchev–Trinajstić information content (AvgIpc) is 3.43. The van der Waals surface area contributed by atoms with Gasteiger partial charge in [-0.25, -0.2) is 23.1 Å². The molecule has 162 valence electrons. The number of fused-ring (bicyclic) bond motifs is 1. The first-order chi connectivity index (χ1) is 15.6. The van der Waals surface area contributed by atoms with Gasteiger partial charge in [0.25, 0.3) is 0 Å². The zero-order valence-corrected chi connectivity index (χ0v) is 16.9. The zero-order chi connectivity index (χ0) is 22.1. The highest BCUT2D eigenvalue weighted by Gasteiger charge is 2.30. The van der Waals surface area contributed by atoms with Gasteiger partial charge >= 0.3 is 6.09 Å².